The number of likely N-dealkylation sites (tertiary alicyclic amines) is 1. The topological polar surface area (TPSA) is 70.8 Å². The van der Waals surface area contributed by atoms with Gasteiger partial charge in [-0.2, -0.15) is 11.8 Å². The Hall–Kier alpha value is -1.43. The van der Waals surface area contributed by atoms with Gasteiger partial charge in [0.05, 0.1) is 5.75 Å². The number of carboxylic acids is 1. The molecule has 0 spiro atoms. The van der Waals surface area contributed by atoms with E-state index in [1.807, 2.05) is 12.3 Å². The van der Waals surface area contributed by atoms with Crippen LogP contribution in [0, 0.1) is 5.92 Å². The molecule has 1 fully saturated rings. The molecule has 5 nitrogen and oxygen atoms in total. The van der Waals surface area contributed by atoms with E-state index < -0.39 is 5.97 Å². The van der Waals surface area contributed by atoms with E-state index in [2.05, 4.69) is 0 Å². The minimum absolute atomic E-state index is 0.0811. The van der Waals surface area contributed by atoms with Gasteiger partial charge in [0.2, 0.25) is 0 Å². The zero-order valence-corrected chi connectivity index (χ0v) is 13.0. The molecule has 1 aliphatic rings. The number of amides is 1. The average Bonchev–Trinajstić information content (AvgIpc) is 2.94. The van der Waals surface area contributed by atoms with Crippen molar-refractivity contribution in [2.45, 2.75) is 31.4 Å². The Labute approximate surface area is 128 Å². The van der Waals surface area contributed by atoms with Crippen LogP contribution in [0.4, 0.5) is 0 Å². The van der Waals surface area contributed by atoms with Gasteiger partial charge < -0.3 is 14.4 Å². The summed E-state index contributed by atoms with van der Waals surface area (Å²) < 4.78 is 5.57. The number of thioether (sulfide) groups is 1. The summed E-state index contributed by atoms with van der Waals surface area (Å²) in [7, 11) is 0. The highest BCUT2D eigenvalue weighted by Crippen LogP contribution is 2.23. The van der Waals surface area contributed by atoms with Gasteiger partial charge in [-0.05, 0) is 43.6 Å². The molecule has 1 saturated heterocycles. The van der Waals surface area contributed by atoms with Crippen molar-refractivity contribution in [2.24, 2.45) is 5.92 Å². The van der Waals surface area contributed by atoms with Gasteiger partial charge in [0.1, 0.15) is 5.76 Å². The predicted octanol–water partition coefficient (Wildman–Crippen LogP) is 2.86. The largest absolute Gasteiger partial charge is 0.481 e. The summed E-state index contributed by atoms with van der Waals surface area (Å²) in [6.07, 6.45) is 4.71. The highest BCUT2D eigenvalue weighted by atomic mass is 32.2. The fraction of sp³-hybridized carbons (Fsp3) is 0.600. The molecule has 1 N–H and O–H groups in total. The number of carboxylic acid groups (broad SMARTS) is 1. The van der Waals surface area contributed by atoms with E-state index in [4.69, 9.17) is 9.52 Å². The minimum atomic E-state index is -0.772. The smallest absolute Gasteiger partial charge is 0.303 e. The van der Waals surface area contributed by atoms with E-state index in [0.29, 0.717) is 18.7 Å². The first kappa shape index (κ1) is 15.9. The first-order valence-corrected chi connectivity index (χ1v) is 8.58. The molecule has 1 aliphatic heterocycles. The van der Waals surface area contributed by atoms with Gasteiger partial charge in [0.25, 0.3) is 5.91 Å². The average molecular weight is 311 g/mol. The third kappa shape index (κ3) is 4.52. The third-order valence-corrected chi connectivity index (χ3v) is 4.30. The maximum absolute atomic E-state index is 12.4. The molecule has 0 saturated carbocycles. The van der Waals surface area contributed by atoms with E-state index in [0.717, 1.165) is 30.9 Å². The summed E-state index contributed by atoms with van der Waals surface area (Å²) >= 11 is 1.65. The van der Waals surface area contributed by atoms with Gasteiger partial charge in [0, 0.05) is 19.5 Å². The summed E-state index contributed by atoms with van der Waals surface area (Å²) in [6.45, 7) is 1.35. The van der Waals surface area contributed by atoms with Crippen LogP contribution in [0.25, 0.3) is 0 Å². The van der Waals surface area contributed by atoms with Crippen LogP contribution in [-0.2, 0) is 10.5 Å². The standard InChI is InChI=1S/C15H21NO4S/c1-21-10-12-5-6-13(20-12)15(19)16-8-2-3-11(9-16)4-7-14(17)18/h5-6,11H,2-4,7-10H2,1H3,(H,17,18). The second-order valence-electron chi connectivity index (χ2n) is 5.39. The molecule has 1 unspecified atom stereocenters. The van der Waals surface area contributed by atoms with Crippen LogP contribution < -0.4 is 0 Å². The van der Waals surface area contributed by atoms with Crippen LogP contribution in [-0.4, -0.2) is 41.2 Å². The van der Waals surface area contributed by atoms with Gasteiger partial charge >= 0.3 is 5.97 Å². The summed E-state index contributed by atoms with van der Waals surface area (Å²) in [4.78, 5) is 24.8. The van der Waals surface area contributed by atoms with Gasteiger partial charge in [0.15, 0.2) is 5.76 Å². The monoisotopic (exact) mass is 311 g/mol. The van der Waals surface area contributed by atoms with Gasteiger partial charge in [-0.1, -0.05) is 0 Å². The highest BCUT2D eigenvalue weighted by molar-refractivity contribution is 7.97. The van der Waals surface area contributed by atoms with E-state index in [9.17, 15) is 9.59 Å². The predicted molar refractivity (Wildman–Crippen MR) is 81.4 cm³/mol. The normalized spacial score (nSPS) is 18.7. The number of rotatable bonds is 6. The first-order chi connectivity index (χ1) is 10.1. The molecule has 0 radical (unpaired) electrons. The molecule has 0 aromatic carbocycles. The molecule has 2 heterocycles. The molecule has 2 rings (SSSR count). The number of nitrogens with zero attached hydrogens (tertiary/aromatic N) is 1. The number of aliphatic carboxylic acids is 1. The molecule has 0 bridgehead atoms. The maximum Gasteiger partial charge on any atom is 0.303 e. The molecule has 0 aliphatic carbocycles. The number of carbonyl (C=O) groups excluding carboxylic acids is 1. The van der Waals surface area contributed by atoms with Crippen molar-refractivity contribution < 1.29 is 19.1 Å². The number of carbonyl (C=O) groups is 2. The Bertz CT molecular complexity index is 500. The molecule has 1 aromatic rings. The van der Waals surface area contributed by atoms with Crippen LogP contribution >= 0.6 is 11.8 Å². The van der Waals surface area contributed by atoms with E-state index >= 15 is 0 Å². The fourth-order valence-electron chi connectivity index (χ4n) is 2.68. The summed E-state index contributed by atoms with van der Waals surface area (Å²) in [5.41, 5.74) is 0. The van der Waals surface area contributed by atoms with Crippen LogP contribution in [0.15, 0.2) is 16.5 Å². The lowest BCUT2D eigenvalue weighted by atomic mass is 9.93. The van der Waals surface area contributed by atoms with Gasteiger partial charge in [-0.3, -0.25) is 9.59 Å². The van der Waals surface area contributed by atoms with Crippen LogP contribution in [0.1, 0.15) is 42.0 Å². The van der Waals surface area contributed by atoms with Crippen molar-refractivity contribution in [3.8, 4) is 0 Å². The Kier molecular flexibility index (Phi) is 5.73. The molecular formula is C15H21NO4S. The van der Waals surface area contributed by atoms with Gasteiger partial charge in [-0.15, -0.1) is 0 Å². The molecule has 1 atom stereocenters. The second kappa shape index (κ2) is 7.54. The van der Waals surface area contributed by atoms with Crippen LogP contribution in [0.5, 0.6) is 0 Å². The first-order valence-electron chi connectivity index (χ1n) is 7.19. The fourth-order valence-corrected chi connectivity index (χ4v) is 3.12. The van der Waals surface area contributed by atoms with E-state index in [1.54, 1.807) is 22.7 Å². The van der Waals surface area contributed by atoms with Crippen molar-refractivity contribution in [3.63, 3.8) is 0 Å². The van der Waals surface area contributed by atoms with Crippen molar-refractivity contribution in [1.29, 1.82) is 0 Å². The molecular weight excluding hydrogens is 290 g/mol. The minimum Gasteiger partial charge on any atom is -0.481 e. The number of hydrogen-bond donors (Lipinski definition) is 1. The van der Waals surface area contributed by atoms with E-state index in [1.165, 1.54) is 0 Å². The van der Waals surface area contributed by atoms with E-state index in [-0.39, 0.29) is 18.2 Å². The molecule has 1 amide bonds. The van der Waals surface area contributed by atoms with Crippen molar-refractivity contribution >= 4 is 23.6 Å². The Balaban J connectivity index is 1.93. The van der Waals surface area contributed by atoms with Gasteiger partial charge in [-0.25, -0.2) is 0 Å². The van der Waals surface area contributed by atoms with Crippen molar-refractivity contribution in [2.75, 3.05) is 19.3 Å². The highest BCUT2D eigenvalue weighted by Gasteiger charge is 2.26. The Morgan fingerprint density at radius 2 is 2.29 bits per heavy atom. The lowest BCUT2D eigenvalue weighted by Gasteiger charge is -2.32. The quantitative estimate of drug-likeness (QED) is 0.874. The number of furan rings is 1. The molecule has 1 aromatic heterocycles. The maximum atomic E-state index is 12.4. The lowest BCUT2D eigenvalue weighted by molar-refractivity contribution is -0.137. The summed E-state index contributed by atoms with van der Waals surface area (Å²) in [6, 6.07) is 3.57. The SMILES string of the molecule is CSCc1ccc(C(=O)N2CCCC(CCC(=O)O)C2)o1. The zero-order chi connectivity index (χ0) is 15.2. The molecule has 21 heavy (non-hydrogen) atoms. The summed E-state index contributed by atoms with van der Waals surface area (Å²) in [5.74, 6) is 1.38. The third-order valence-electron chi connectivity index (χ3n) is 3.73. The Morgan fingerprint density at radius 1 is 1.48 bits per heavy atom. The summed E-state index contributed by atoms with van der Waals surface area (Å²) in [5, 5.41) is 8.75. The number of piperidine rings is 1. The molecule has 6 heteroatoms. The second-order valence-corrected chi connectivity index (χ2v) is 6.26. The zero-order valence-electron chi connectivity index (χ0n) is 12.2. The number of hydrogen-bond acceptors (Lipinski definition) is 4. The van der Waals surface area contributed by atoms with Crippen LogP contribution in [0.3, 0.4) is 0 Å². The Morgan fingerprint density at radius 3 is 3.00 bits per heavy atom. The van der Waals surface area contributed by atoms with Crippen LogP contribution in [0.2, 0.25) is 0 Å². The lowest BCUT2D eigenvalue weighted by Crippen LogP contribution is -2.39. The van der Waals surface area contributed by atoms with Crippen molar-refractivity contribution in [3.05, 3.63) is 23.7 Å². The molecule has 116 valence electrons. The van der Waals surface area contributed by atoms with Crippen molar-refractivity contribution in [1.82, 2.24) is 4.90 Å².